The van der Waals surface area contributed by atoms with Crippen LogP contribution in [0.1, 0.15) is 19.3 Å². The van der Waals surface area contributed by atoms with Crippen LogP contribution in [0.5, 0.6) is 0 Å². The number of esters is 1. The van der Waals surface area contributed by atoms with Crippen LogP contribution < -0.4 is 4.72 Å². The third kappa shape index (κ3) is 3.38. The van der Waals surface area contributed by atoms with Crippen LogP contribution in [0, 0.1) is 5.92 Å². The third-order valence-electron chi connectivity index (χ3n) is 3.35. The van der Waals surface area contributed by atoms with Gasteiger partial charge in [0.05, 0.1) is 18.3 Å². The van der Waals surface area contributed by atoms with Crippen LogP contribution in [0.2, 0.25) is 10.3 Å². The molecule has 10 heteroatoms. The predicted octanol–water partition coefficient (Wildman–Crippen LogP) is 1.87. The molecule has 1 aromatic heterocycles. The van der Waals surface area contributed by atoms with Crippen molar-refractivity contribution in [3.63, 3.8) is 0 Å². The monoisotopic (exact) mass is 353 g/mol. The van der Waals surface area contributed by atoms with Crippen molar-refractivity contribution in [3.05, 3.63) is 16.6 Å². The Hall–Kier alpha value is -1.12. The molecule has 1 aromatic rings. The Morgan fingerprint density at radius 2 is 1.95 bits per heavy atom. The first-order chi connectivity index (χ1) is 9.86. The van der Waals surface area contributed by atoms with Gasteiger partial charge in [0.15, 0.2) is 10.3 Å². The number of hydrogen-bond acceptors (Lipinski definition) is 6. The van der Waals surface area contributed by atoms with Crippen molar-refractivity contribution < 1.29 is 17.9 Å². The molecule has 0 amide bonds. The van der Waals surface area contributed by atoms with Gasteiger partial charge in [-0.15, -0.1) is 0 Å². The molecule has 116 valence electrons. The van der Waals surface area contributed by atoms with E-state index in [0.29, 0.717) is 19.3 Å². The van der Waals surface area contributed by atoms with E-state index in [1.54, 1.807) is 0 Å². The van der Waals surface area contributed by atoms with Crippen LogP contribution in [-0.4, -0.2) is 36.7 Å². The summed E-state index contributed by atoms with van der Waals surface area (Å²) in [6.45, 7) is 0. The minimum absolute atomic E-state index is 0.0867. The fourth-order valence-corrected chi connectivity index (χ4v) is 4.67. The van der Waals surface area contributed by atoms with Gasteiger partial charge in [-0.05, 0) is 12.8 Å². The summed E-state index contributed by atoms with van der Waals surface area (Å²) in [5.74, 6) is -1.24. The number of aromatic nitrogens is 2. The Morgan fingerprint density at radius 1 is 1.33 bits per heavy atom. The molecule has 2 atom stereocenters. The maximum Gasteiger partial charge on any atom is 0.310 e. The second kappa shape index (κ2) is 6.33. The summed E-state index contributed by atoms with van der Waals surface area (Å²) in [6.07, 6.45) is 2.57. The van der Waals surface area contributed by atoms with Crippen LogP contribution >= 0.6 is 23.2 Å². The highest BCUT2D eigenvalue weighted by molar-refractivity contribution is 7.93. The summed E-state index contributed by atoms with van der Waals surface area (Å²) < 4.78 is 31.8. The van der Waals surface area contributed by atoms with Gasteiger partial charge in [0, 0.05) is 0 Å². The normalized spacial score (nSPS) is 22.0. The minimum Gasteiger partial charge on any atom is -0.469 e. The van der Waals surface area contributed by atoms with Gasteiger partial charge in [-0.3, -0.25) is 9.52 Å². The Balaban J connectivity index is 2.28. The molecule has 0 aliphatic heterocycles. The molecule has 1 N–H and O–H groups in total. The molecule has 0 radical (unpaired) electrons. The van der Waals surface area contributed by atoms with Gasteiger partial charge in [0.25, 0.3) is 0 Å². The van der Waals surface area contributed by atoms with Crippen LogP contribution in [-0.2, 0) is 19.6 Å². The van der Waals surface area contributed by atoms with Crippen molar-refractivity contribution >= 4 is 44.9 Å². The number of sulfonamides is 1. The topological polar surface area (TPSA) is 98.2 Å². The fraction of sp³-hybridized carbons (Fsp3) is 0.545. The Morgan fingerprint density at radius 3 is 2.52 bits per heavy atom. The molecule has 0 bridgehead atoms. The number of nitrogens with zero attached hydrogens (tertiary/aromatic N) is 2. The van der Waals surface area contributed by atoms with Crippen LogP contribution in [0.25, 0.3) is 0 Å². The van der Waals surface area contributed by atoms with E-state index in [2.05, 4.69) is 19.4 Å². The molecular formula is C11H13Cl2N3O4S. The van der Waals surface area contributed by atoms with Crippen molar-refractivity contribution in [3.8, 4) is 0 Å². The van der Waals surface area contributed by atoms with E-state index in [4.69, 9.17) is 23.2 Å². The van der Waals surface area contributed by atoms with E-state index < -0.39 is 27.2 Å². The van der Waals surface area contributed by atoms with Crippen molar-refractivity contribution in [2.45, 2.75) is 24.5 Å². The molecule has 2 rings (SSSR count). The number of rotatable bonds is 4. The zero-order valence-corrected chi connectivity index (χ0v) is 13.4. The lowest BCUT2D eigenvalue weighted by Gasteiger charge is -2.19. The highest BCUT2D eigenvalue weighted by atomic mass is 35.5. The number of halogens is 2. The van der Waals surface area contributed by atoms with Crippen molar-refractivity contribution in [2.24, 2.45) is 5.92 Å². The standard InChI is InChI=1S/C11H13Cl2N3O4S/c1-20-11(17)6-3-2-4-7(6)21(18,19)16-8-9(12)14-5-15-10(8)13/h5-7,16H,2-4H2,1H3. The van der Waals surface area contributed by atoms with E-state index in [9.17, 15) is 13.2 Å². The van der Waals surface area contributed by atoms with E-state index in [0.717, 1.165) is 6.33 Å². The average molecular weight is 354 g/mol. The smallest absolute Gasteiger partial charge is 0.310 e. The maximum atomic E-state index is 12.4. The zero-order chi connectivity index (χ0) is 15.6. The summed E-state index contributed by atoms with van der Waals surface area (Å²) in [7, 11) is -2.63. The first-order valence-electron chi connectivity index (χ1n) is 6.12. The summed E-state index contributed by atoms with van der Waals surface area (Å²) in [5.41, 5.74) is -0.0867. The second-order valence-corrected chi connectivity index (χ2v) is 7.19. The summed E-state index contributed by atoms with van der Waals surface area (Å²) in [6, 6.07) is 0. The highest BCUT2D eigenvalue weighted by Crippen LogP contribution is 2.35. The summed E-state index contributed by atoms with van der Waals surface area (Å²) >= 11 is 11.6. The van der Waals surface area contributed by atoms with Gasteiger partial charge >= 0.3 is 5.97 Å². The average Bonchev–Trinajstić information content (AvgIpc) is 2.92. The number of anilines is 1. The highest BCUT2D eigenvalue weighted by Gasteiger charge is 2.42. The minimum atomic E-state index is -3.86. The van der Waals surface area contributed by atoms with E-state index >= 15 is 0 Å². The zero-order valence-electron chi connectivity index (χ0n) is 11.0. The molecule has 0 aromatic carbocycles. The Kier molecular flexibility index (Phi) is 4.90. The SMILES string of the molecule is COC(=O)C1CCCC1S(=O)(=O)Nc1c(Cl)ncnc1Cl. The first kappa shape index (κ1) is 16.3. The molecule has 0 saturated heterocycles. The van der Waals surface area contributed by atoms with E-state index in [-0.39, 0.29) is 16.0 Å². The Labute approximate surface area is 132 Å². The third-order valence-corrected chi connectivity index (χ3v) is 5.78. The lowest BCUT2D eigenvalue weighted by Crippen LogP contribution is -2.35. The van der Waals surface area contributed by atoms with Gasteiger partial charge in [0.2, 0.25) is 10.0 Å². The number of carbonyl (C=O) groups excluding carboxylic acids is 1. The summed E-state index contributed by atoms with van der Waals surface area (Å²) in [4.78, 5) is 19.0. The molecular weight excluding hydrogens is 341 g/mol. The quantitative estimate of drug-likeness (QED) is 0.655. The molecule has 1 aliphatic carbocycles. The molecule has 1 saturated carbocycles. The predicted molar refractivity (Wildman–Crippen MR) is 77.7 cm³/mol. The van der Waals surface area contributed by atoms with Crippen molar-refractivity contribution in [1.29, 1.82) is 0 Å². The van der Waals surface area contributed by atoms with Crippen LogP contribution in [0.4, 0.5) is 5.69 Å². The molecule has 1 heterocycles. The number of ether oxygens (including phenoxy) is 1. The number of hydrogen-bond donors (Lipinski definition) is 1. The maximum absolute atomic E-state index is 12.4. The number of nitrogens with one attached hydrogen (secondary N) is 1. The Bertz CT molecular complexity index is 633. The largest absolute Gasteiger partial charge is 0.469 e. The van der Waals surface area contributed by atoms with E-state index in [1.807, 2.05) is 0 Å². The van der Waals surface area contributed by atoms with E-state index in [1.165, 1.54) is 7.11 Å². The van der Waals surface area contributed by atoms with Crippen LogP contribution in [0.3, 0.4) is 0 Å². The lowest BCUT2D eigenvalue weighted by atomic mass is 10.1. The second-order valence-electron chi connectivity index (χ2n) is 4.58. The van der Waals surface area contributed by atoms with Gasteiger partial charge in [-0.25, -0.2) is 18.4 Å². The molecule has 2 unspecified atom stereocenters. The summed E-state index contributed by atoms with van der Waals surface area (Å²) in [5, 5.41) is -1.10. The fourth-order valence-electron chi connectivity index (χ4n) is 2.37. The molecule has 1 aliphatic rings. The van der Waals surface area contributed by atoms with Gasteiger partial charge in [-0.2, -0.15) is 0 Å². The lowest BCUT2D eigenvalue weighted by molar-refractivity contribution is -0.145. The first-order valence-corrected chi connectivity index (χ1v) is 8.42. The van der Waals surface area contributed by atoms with Crippen LogP contribution in [0.15, 0.2) is 6.33 Å². The molecule has 0 spiro atoms. The van der Waals surface area contributed by atoms with Gasteiger partial charge < -0.3 is 4.74 Å². The molecule has 1 fully saturated rings. The number of methoxy groups -OCH3 is 1. The number of carbonyl (C=O) groups is 1. The van der Waals surface area contributed by atoms with Crippen molar-refractivity contribution in [2.75, 3.05) is 11.8 Å². The molecule has 21 heavy (non-hydrogen) atoms. The van der Waals surface area contributed by atoms with Gasteiger partial charge in [-0.1, -0.05) is 29.6 Å². The van der Waals surface area contributed by atoms with Gasteiger partial charge in [0.1, 0.15) is 12.0 Å². The van der Waals surface area contributed by atoms with Crippen molar-refractivity contribution in [1.82, 2.24) is 9.97 Å². The molecule has 7 nitrogen and oxygen atoms in total.